The summed E-state index contributed by atoms with van der Waals surface area (Å²) in [6, 6.07) is 0. The Balaban J connectivity index is 0. The zero-order valence-electron chi connectivity index (χ0n) is 1.93. The first-order valence-electron chi connectivity index (χ1n) is 0.333. The molecule has 0 radical (unpaired) electrons. The summed E-state index contributed by atoms with van der Waals surface area (Å²) >= 11 is -0.750. The van der Waals surface area contributed by atoms with Gasteiger partial charge in [0.15, 0.2) is 0 Å². The fourth-order valence-electron chi connectivity index (χ4n) is 0. The summed E-state index contributed by atoms with van der Waals surface area (Å²) in [5.74, 6) is 0. The average molecular weight is 104 g/mol. The summed E-state index contributed by atoms with van der Waals surface area (Å²) in [6.45, 7) is 0. The Morgan fingerprint density at radius 2 is 1.25 bits per heavy atom. The molecular formula is CaO2S. The molecule has 0 N–H and O–H groups in total. The van der Waals surface area contributed by atoms with Crippen LogP contribution in [-0.4, -0.2) is 37.7 Å². The maximum atomic E-state index is 8.29. The first kappa shape index (κ1) is 8.96. The molecular weight excluding hydrogens is 104 g/mol. The van der Waals surface area contributed by atoms with Gasteiger partial charge in [0.1, 0.15) is 0 Å². The molecule has 0 aromatic rings. The smallest absolute Gasteiger partial charge is 0.715 e. The molecule has 0 spiro atoms. The van der Waals surface area contributed by atoms with E-state index in [1.165, 1.54) is 0 Å². The van der Waals surface area contributed by atoms with Gasteiger partial charge in [-0.05, 0) is 0 Å². The van der Waals surface area contributed by atoms with E-state index in [0.717, 1.165) is 0 Å². The maximum absolute atomic E-state index is 8.29. The molecule has 0 bridgehead atoms. The van der Waals surface area contributed by atoms with Crippen LogP contribution in [0.3, 0.4) is 0 Å². The van der Waals surface area contributed by atoms with E-state index in [1.807, 2.05) is 0 Å². The summed E-state index contributed by atoms with van der Waals surface area (Å²) in [4.78, 5) is 0. The Labute approximate surface area is 57.2 Å². The van der Waals surface area contributed by atoms with Gasteiger partial charge in [-0.1, -0.05) is 0 Å². The molecule has 0 aromatic heterocycles. The molecule has 0 saturated heterocycles. The minimum absolute atomic E-state index is 0. The second-order valence-corrected chi connectivity index (χ2v) is 0.204. The van der Waals surface area contributed by atoms with Crippen LogP contribution in [0, 0.1) is 0 Å². The van der Waals surface area contributed by atoms with Crippen molar-refractivity contribution in [2.24, 2.45) is 0 Å². The fraction of sp³-hybridized carbons (Fsp3) is 0. The van der Waals surface area contributed by atoms with Crippen LogP contribution < -0.4 is 0 Å². The quantitative estimate of drug-likeness (QED) is 0.384. The van der Waals surface area contributed by atoms with Crippen LogP contribution in [0.15, 0.2) is 0 Å². The van der Waals surface area contributed by atoms with Crippen LogP contribution in [-0.2, 0) is 20.0 Å². The zero-order valence-corrected chi connectivity index (χ0v) is 4.96. The van der Waals surface area contributed by atoms with Gasteiger partial charge < -0.3 is 20.0 Å². The monoisotopic (exact) mass is 104 g/mol. The second kappa shape index (κ2) is 8.88. The topological polar surface area (TPSA) is 34.1 Å². The fourth-order valence-corrected chi connectivity index (χ4v) is 0. The Morgan fingerprint density at radius 1 is 1.25 bits per heavy atom. The Hall–Kier alpha value is 1.21. The summed E-state index contributed by atoms with van der Waals surface area (Å²) in [6.07, 6.45) is 0. The van der Waals surface area contributed by atoms with Crippen molar-refractivity contribution >= 4 is 49.3 Å². The van der Waals surface area contributed by atoms with E-state index < -0.39 is 11.6 Å². The van der Waals surface area contributed by atoms with Crippen molar-refractivity contribution in [2.75, 3.05) is 0 Å². The minimum Gasteiger partial charge on any atom is -0.715 e. The molecule has 0 unspecified atom stereocenters. The number of rotatable bonds is 0. The third kappa shape index (κ3) is 10.7. The van der Waals surface area contributed by atoms with Crippen LogP contribution >= 0.6 is 0 Å². The molecule has 20 valence electrons. The molecule has 0 aliphatic carbocycles. The Morgan fingerprint density at radius 3 is 1.25 bits per heavy atom. The van der Waals surface area contributed by atoms with Crippen LogP contribution in [0.1, 0.15) is 0 Å². The van der Waals surface area contributed by atoms with Crippen LogP contribution in [0.4, 0.5) is 0 Å². The third-order valence-electron chi connectivity index (χ3n) is 0. The largest absolute Gasteiger partial charge is 2.00 e. The second-order valence-electron chi connectivity index (χ2n) is 0.0680. The van der Waals surface area contributed by atoms with Crippen molar-refractivity contribution in [3.63, 3.8) is 0 Å². The molecule has 0 aromatic carbocycles. The molecule has 2 nitrogen and oxygen atoms in total. The van der Waals surface area contributed by atoms with Gasteiger partial charge in [0.25, 0.3) is 0 Å². The molecule has 0 aliphatic heterocycles. The first-order chi connectivity index (χ1) is 1.41. The molecule has 0 atom stereocenters. The summed E-state index contributed by atoms with van der Waals surface area (Å²) in [5, 5.41) is 0. The van der Waals surface area contributed by atoms with Crippen molar-refractivity contribution in [1.29, 1.82) is 0 Å². The Bertz CT molecular complexity index is 27.0. The number of hydrogen-bond donors (Lipinski definition) is 0. The van der Waals surface area contributed by atoms with Crippen molar-refractivity contribution < 1.29 is 8.42 Å². The van der Waals surface area contributed by atoms with Crippen LogP contribution in [0.2, 0.25) is 0 Å². The first-order valence-corrected chi connectivity index (χ1v) is 1.00. The summed E-state index contributed by atoms with van der Waals surface area (Å²) in [5.41, 5.74) is 0. The molecule has 0 heterocycles. The minimum atomic E-state index is -0.750. The zero-order chi connectivity index (χ0) is 2.71. The third-order valence-corrected chi connectivity index (χ3v) is 0. The predicted octanol–water partition coefficient (Wildman–Crippen LogP) is -0.621. The van der Waals surface area contributed by atoms with E-state index in [1.54, 1.807) is 0 Å². The Kier molecular flexibility index (Phi) is 19.9. The molecule has 0 amide bonds. The molecule has 4 heteroatoms. The molecule has 0 saturated carbocycles. The molecule has 0 aliphatic rings. The maximum Gasteiger partial charge on any atom is 2.00 e. The van der Waals surface area contributed by atoms with E-state index >= 15 is 0 Å². The van der Waals surface area contributed by atoms with Crippen LogP contribution in [0.25, 0.3) is 0 Å². The van der Waals surface area contributed by atoms with Crippen molar-refractivity contribution in [3.8, 4) is 0 Å². The van der Waals surface area contributed by atoms with E-state index in [0.29, 0.717) is 0 Å². The molecule has 0 rings (SSSR count). The van der Waals surface area contributed by atoms with Gasteiger partial charge in [0, 0.05) is 0 Å². The van der Waals surface area contributed by atoms with E-state index in [2.05, 4.69) is 0 Å². The van der Waals surface area contributed by atoms with Crippen molar-refractivity contribution in [1.82, 2.24) is 0 Å². The van der Waals surface area contributed by atoms with E-state index in [4.69, 9.17) is 8.42 Å². The molecule has 4 heavy (non-hydrogen) atoms. The van der Waals surface area contributed by atoms with Gasteiger partial charge in [0.05, 0.1) is 0 Å². The predicted molar refractivity (Wildman–Crippen MR) is 14.5 cm³/mol. The van der Waals surface area contributed by atoms with Gasteiger partial charge >= 0.3 is 37.7 Å². The van der Waals surface area contributed by atoms with Gasteiger partial charge in [-0.25, -0.2) is 0 Å². The van der Waals surface area contributed by atoms with E-state index in [9.17, 15) is 0 Å². The van der Waals surface area contributed by atoms with Gasteiger partial charge in [-0.15, -0.1) is 0 Å². The van der Waals surface area contributed by atoms with Crippen molar-refractivity contribution in [2.45, 2.75) is 0 Å². The SMILES string of the molecule is O=[S-2]=O.[Ca+2]. The van der Waals surface area contributed by atoms with Crippen LogP contribution in [0.5, 0.6) is 0 Å². The normalized spacial score (nSPS) is 4.00. The van der Waals surface area contributed by atoms with E-state index in [-0.39, 0.29) is 37.7 Å². The average Bonchev–Trinajstić information content (AvgIpc) is 0.918. The van der Waals surface area contributed by atoms with Gasteiger partial charge in [-0.2, -0.15) is 0 Å². The summed E-state index contributed by atoms with van der Waals surface area (Å²) < 4.78 is 16.6. The standard InChI is InChI=1S/Ca.O2S/c;1-3-2/q+2;-2. The van der Waals surface area contributed by atoms with Crippen molar-refractivity contribution in [3.05, 3.63) is 0 Å². The number of hydrogen-bond acceptors (Lipinski definition) is 2. The van der Waals surface area contributed by atoms with Gasteiger partial charge in [-0.3, -0.25) is 0 Å². The van der Waals surface area contributed by atoms with Gasteiger partial charge in [0.2, 0.25) is 0 Å². The molecule has 0 fully saturated rings. The summed E-state index contributed by atoms with van der Waals surface area (Å²) in [7, 11) is 0.